The zero-order chi connectivity index (χ0) is 13.5. The SMILES string of the molecule is CCOc1cccc(CNCc2ncon2)c1OC. The van der Waals surface area contributed by atoms with Crippen LogP contribution in [0.4, 0.5) is 0 Å². The van der Waals surface area contributed by atoms with Crippen LogP contribution >= 0.6 is 0 Å². The van der Waals surface area contributed by atoms with Crippen molar-refractivity contribution in [2.45, 2.75) is 20.0 Å². The Morgan fingerprint density at radius 3 is 2.89 bits per heavy atom. The Hall–Kier alpha value is -2.08. The van der Waals surface area contributed by atoms with Crippen LogP contribution in [0.15, 0.2) is 29.1 Å². The summed E-state index contributed by atoms with van der Waals surface area (Å²) in [5.74, 6) is 2.13. The lowest BCUT2D eigenvalue weighted by molar-refractivity contribution is 0.308. The molecule has 1 aromatic heterocycles. The highest BCUT2D eigenvalue weighted by atomic mass is 16.5. The normalized spacial score (nSPS) is 10.4. The second-order valence-corrected chi connectivity index (χ2v) is 3.83. The number of hydrogen-bond acceptors (Lipinski definition) is 6. The first-order valence-corrected chi connectivity index (χ1v) is 6.09. The lowest BCUT2D eigenvalue weighted by atomic mass is 10.2. The number of para-hydroxylation sites is 1. The minimum absolute atomic E-state index is 0.540. The standard InChI is InChI=1S/C13H17N3O3/c1-3-18-11-6-4-5-10(13(11)17-2)7-14-8-12-15-9-19-16-12/h4-6,9,14H,3,7-8H2,1-2H3. The van der Waals surface area contributed by atoms with Crippen LogP contribution in [-0.2, 0) is 13.1 Å². The Kier molecular flexibility index (Phi) is 4.74. The van der Waals surface area contributed by atoms with Gasteiger partial charge in [-0.05, 0) is 13.0 Å². The summed E-state index contributed by atoms with van der Waals surface area (Å²) in [5, 5.41) is 6.96. The molecule has 2 aromatic rings. The summed E-state index contributed by atoms with van der Waals surface area (Å²) < 4.78 is 15.6. The number of rotatable bonds is 7. The van der Waals surface area contributed by atoms with E-state index in [1.54, 1.807) is 7.11 Å². The highest BCUT2D eigenvalue weighted by Gasteiger charge is 2.09. The fourth-order valence-corrected chi connectivity index (χ4v) is 1.78. The van der Waals surface area contributed by atoms with E-state index >= 15 is 0 Å². The van der Waals surface area contributed by atoms with Gasteiger partial charge < -0.3 is 19.3 Å². The van der Waals surface area contributed by atoms with Gasteiger partial charge in [0.05, 0.1) is 20.3 Å². The molecule has 0 aliphatic carbocycles. The number of nitrogens with zero attached hydrogens (tertiary/aromatic N) is 2. The summed E-state index contributed by atoms with van der Waals surface area (Å²) in [7, 11) is 1.64. The molecular weight excluding hydrogens is 246 g/mol. The second-order valence-electron chi connectivity index (χ2n) is 3.83. The molecule has 102 valence electrons. The molecule has 0 saturated carbocycles. The fourth-order valence-electron chi connectivity index (χ4n) is 1.78. The number of benzene rings is 1. The highest BCUT2D eigenvalue weighted by Crippen LogP contribution is 2.30. The van der Waals surface area contributed by atoms with Gasteiger partial charge in [0.1, 0.15) is 0 Å². The molecule has 2 rings (SSSR count). The molecule has 0 radical (unpaired) electrons. The van der Waals surface area contributed by atoms with E-state index in [1.165, 1.54) is 6.39 Å². The maximum atomic E-state index is 5.53. The second kappa shape index (κ2) is 6.75. The molecule has 0 amide bonds. The lowest BCUT2D eigenvalue weighted by Gasteiger charge is -2.13. The summed E-state index contributed by atoms with van der Waals surface area (Å²) in [6, 6.07) is 5.83. The third kappa shape index (κ3) is 3.45. The molecule has 1 N–H and O–H groups in total. The minimum atomic E-state index is 0.540. The van der Waals surface area contributed by atoms with Crippen molar-refractivity contribution in [3.8, 4) is 11.5 Å². The van der Waals surface area contributed by atoms with Crippen molar-refractivity contribution in [2.24, 2.45) is 0 Å². The van der Waals surface area contributed by atoms with Crippen molar-refractivity contribution >= 4 is 0 Å². The molecule has 1 heterocycles. The van der Waals surface area contributed by atoms with Crippen molar-refractivity contribution in [3.63, 3.8) is 0 Å². The van der Waals surface area contributed by atoms with E-state index in [4.69, 9.17) is 9.47 Å². The predicted octanol–water partition coefficient (Wildman–Crippen LogP) is 1.77. The van der Waals surface area contributed by atoms with Gasteiger partial charge >= 0.3 is 0 Å². The van der Waals surface area contributed by atoms with Crippen molar-refractivity contribution < 1.29 is 14.0 Å². The number of aromatic nitrogens is 2. The summed E-state index contributed by atoms with van der Waals surface area (Å²) in [6.45, 7) is 3.73. The van der Waals surface area contributed by atoms with Crippen LogP contribution < -0.4 is 14.8 Å². The third-order valence-electron chi connectivity index (χ3n) is 2.57. The predicted molar refractivity (Wildman–Crippen MR) is 69.0 cm³/mol. The van der Waals surface area contributed by atoms with Crippen molar-refractivity contribution in [1.82, 2.24) is 15.5 Å². The first-order valence-electron chi connectivity index (χ1n) is 6.09. The van der Waals surface area contributed by atoms with Gasteiger partial charge in [-0.25, -0.2) is 0 Å². The fraction of sp³-hybridized carbons (Fsp3) is 0.385. The van der Waals surface area contributed by atoms with E-state index < -0.39 is 0 Å². The van der Waals surface area contributed by atoms with Crippen LogP contribution in [0.25, 0.3) is 0 Å². The zero-order valence-electron chi connectivity index (χ0n) is 11.0. The van der Waals surface area contributed by atoms with Crippen molar-refractivity contribution in [2.75, 3.05) is 13.7 Å². The van der Waals surface area contributed by atoms with Crippen molar-refractivity contribution in [1.29, 1.82) is 0 Å². The molecule has 0 unspecified atom stereocenters. The zero-order valence-corrected chi connectivity index (χ0v) is 11.0. The molecule has 0 aliphatic heterocycles. The molecule has 19 heavy (non-hydrogen) atoms. The van der Waals surface area contributed by atoms with Gasteiger partial charge in [0.15, 0.2) is 17.3 Å². The maximum absolute atomic E-state index is 5.53. The average molecular weight is 263 g/mol. The quantitative estimate of drug-likeness (QED) is 0.821. The largest absolute Gasteiger partial charge is 0.493 e. The van der Waals surface area contributed by atoms with Crippen molar-refractivity contribution in [3.05, 3.63) is 36.0 Å². The number of nitrogens with one attached hydrogen (secondary N) is 1. The van der Waals surface area contributed by atoms with Gasteiger partial charge in [-0.2, -0.15) is 4.98 Å². The topological polar surface area (TPSA) is 69.4 Å². The molecule has 0 saturated heterocycles. The maximum Gasteiger partial charge on any atom is 0.213 e. The summed E-state index contributed by atoms with van der Waals surface area (Å²) in [5.41, 5.74) is 1.02. The van der Waals surface area contributed by atoms with E-state index in [1.807, 2.05) is 25.1 Å². The van der Waals surface area contributed by atoms with Gasteiger partial charge in [-0.1, -0.05) is 17.3 Å². The van der Waals surface area contributed by atoms with E-state index in [-0.39, 0.29) is 0 Å². The molecule has 1 aromatic carbocycles. The van der Waals surface area contributed by atoms with Crippen LogP contribution in [0.2, 0.25) is 0 Å². The minimum Gasteiger partial charge on any atom is -0.493 e. The number of ether oxygens (including phenoxy) is 2. The number of hydrogen-bond donors (Lipinski definition) is 1. The molecule has 0 aliphatic rings. The summed E-state index contributed by atoms with van der Waals surface area (Å²) in [4.78, 5) is 3.94. The smallest absolute Gasteiger partial charge is 0.213 e. The first kappa shape index (κ1) is 13.4. The molecule has 0 bridgehead atoms. The van der Waals surface area contributed by atoms with E-state index in [9.17, 15) is 0 Å². The van der Waals surface area contributed by atoms with Crippen LogP contribution in [0.5, 0.6) is 11.5 Å². The van der Waals surface area contributed by atoms with Crippen LogP contribution in [0.3, 0.4) is 0 Å². The molecule has 0 atom stereocenters. The monoisotopic (exact) mass is 263 g/mol. The summed E-state index contributed by atoms with van der Waals surface area (Å²) in [6.07, 6.45) is 1.31. The molecule has 0 fully saturated rings. The molecular formula is C13H17N3O3. The van der Waals surface area contributed by atoms with Gasteiger partial charge in [-0.15, -0.1) is 0 Å². The van der Waals surface area contributed by atoms with Gasteiger partial charge in [0.25, 0.3) is 0 Å². The summed E-state index contributed by atoms with van der Waals surface area (Å²) >= 11 is 0. The van der Waals surface area contributed by atoms with Crippen LogP contribution in [0.1, 0.15) is 18.3 Å². The van der Waals surface area contributed by atoms with E-state index in [2.05, 4.69) is 20.0 Å². The third-order valence-corrected chi connectivity index (χ3v) is 2.57. The Labute approximate surface area is 111 Å². The Morgan fingerprint density at radius 1 is 1.32 bits per heavy atom. The van der Waals surface area contributed by atoms with Gasteiger partial charge in [0, 0.05) is 12.1 Å². The Bertz CT molecular complexity index is 500. The first-order chi connectivity index (χ1) is 9.35. The Balaban J connectivity index is 2.00. The number of methoxy groups -OCH3 is 1. The van der Waals surface area contributed by atoms with Gasteiger partial charge in [-0.3, -0.25) is 0 Å². The molecule has 6 heteroatoms. The Morgan fingerprint density at radius 2 is 2.21 bits per heavy atom. The average Bonchev–Trinajstić information content (AvgIpc) is 2.93. The molecule has 0 spiro atoms. The van der Waals surface area contributed by atoms with Gasteiger partial charge in [0.2, 0.25) is 6.39 Å². The molecule has 6 nitrogen and oxygen atoms in total. The van der Waals surface area contributed by atoms with E-state index in [0.29, 0.717) is 25.5 Å². The van der Waals surface area contributed by atoms with E-state index in [0.717, 1.165) is 17.1 Å². The van der Waals surface area contributed by atoms with Crippen LogP contribution in [0, 0.1) is 0 Å². The lowest BCUT2D eigenvalue weighted by Crippen LogP contribution is -2.14. The van der Waals surface area contributed by atoms with Crippen LogP contribution in [-0.4, -0.2) is 23.9 Å². The highest BCUT2D eigenvalue weighted by molar-refractivity contribution is 5.46.